The Kier molecular flexibility index (Phi) is 4.42. The van der Waals surface area contributed by atoms with Gasteiger partial charge in [0, 0.05) is 3.57 Å². The highest BCUT2D eigenvalue weighted by Gasteiger charge is 2.13. The van der Waals surface area contributed by atoms with E-state index >= 15 is 0 Å². The van der Waals surface area contributed by atoms with Crippen molar-refractivity contribution in [1.29, 1.82) is 0 Å². The molecule has 5 heteroatoms. The zero-order valence-electron chi connectivity index (χ0n) is 7.51. The molecule has 0 fully saturated rings. The molecule has 0 bridgehead atoms. The van der Waals surface area contributed by atoms with Gasteiger partial charge in [-0.15, -0.1) is 0 Å². The highest BCUT2D eigenvalue weighted by Crippen LogP contribution is 2.28. The molecule has 76 valence electrons. The van der Waals surface area contributed by atoms with Crippen LogP contribution in [0.1, 0.15) is 17.3 Å². The number of carbonyl (C=O) groups is 1. The lowest BCUT2D eigenvalue weighted by Gasteiger charge is -2.10. The van der Waals surface area contributed by atoms with E-state index in [-0.39, 0.29) is 0 Å². The van der Waals surface area contributed by atoms with Gasteiger partial charge >= 0.3 is 0 Å². The Morgan fingerprint density at radius 3 is 2.64 bits per heavy atom. The highest BCUT2D eigenvalue weighted by atomic mass is 127. The first-order chi connectivity index (χ1) is 6.56. The average Bonchev–Trinajstić information content (AvgIpc) is 2.09. The zero-order chi connectivity index (χ0) is 10.7. The second-order valence-corrected chi connectivity index (χ2v) is 4.97. The normalized spacial score (nSPS) is 9.93. The minimum absolute atomic E-state index is 0.447. The summed E-state index contributed by atoms with van der Waals surface area (Å²) in [6, 6.07) is 3.68. The van der Waals surface area contributed by atoms with Crippen molar-refractivity contribution in [2.75, 3.05) is 6.61 Å². The smallest absolute Gasteiger partial charge is 0.252 e. The maximum Gasteiger partial charge on any atom is 0.252 e. The fraction of sp³-hybridized carbons (Fsp3) is 0.222. The Labute approximate surface area is 110 Å². The van der Waals surface area contributed by atoms with E-state index in [0.29, 0.717) is 17.9 Å². The van der Waals surface area contributed by atoms with E-state index in [9.17, 15) is 4.79 Å². The van der Waals surface area contributed by atoms with Crippen LogP contribution in [-0.4, -0.2) is 12.5 Å². The van der Waals surface area contributed by atoms with Crippen LogP contribution in [0.5, 0.6) is 5.75 Å². The first kappa shape index (κ1) is 12.0. The third kappa shape index (κ3) is 2.72. The molecule has 0 atom stereocenters. The molecule has 0 aliphatic heterocycles. The van der Waals surface area contributed by atoms with Crippen molar-refractivity contribution in [3.05, 3.63) is 24.8 Å². The highest BCUT2D eigenvalue weighted by molar-refractivity contribution is 14.1. The largest absolute Gasteiger partial charge is 0.492 e. The molecule has 1 aromatic rings. The minimum Gasteiger partial charge on any atom is -0.492 e. The quantitative estimate of drug-likeness (QED) is 0.769. The Hall–Kier alpha value is -0.0500. The van der Waals surface area contributed by atoms with E-state index in [1.807, 2.05) is 13.0 Å². The summed E-state index contributed by atoms with van der Waals surface area (Å²) in [5.74, 6) is 0.130. The Balaban J connectivity index is 3.28. The number of nitrogens with two attached hydrogens (primary N) is 1. The number of ether oxygens (including phenoxy) is 1. The molecule has 14 heavy (non-hydrogen) atoms. The van der Waals surface area contributed by atoms with Gasteiger partial charge in [-0.25, -0.2) is 0 Å². The van der Waals surface area contributed by atoms with Crippen molar-refractivity contribution in [3.63, 3.8) is 0 Å². The van der Waals surface area contributed by atoms with E-state index in [1.165, 1.54) is 0 Å². The van der Waals surface area contributed by atoms with Gasteiger partial charge < -0.3 is 10.5 Å². The van der Waals surface area contributed by atoms with Crippen LogP contribution in [0.15, 0.2) is 12.1 Å². The Morgan fingerprint density at radius 1 is 1.50 bits per heavy atom. The number of benzene rings is 1. The topological polar surface area (TPSA) is 52.3 Å². The Bertz CT molecular complexity index is 366. The summed E-state index contributed by atoms with van der Waals surface area (Å²) in [5, 5.41) is 0. The van der Waals surface area contributed by atoms with Crippen LogP contribution < -0.4 is 10.5 Å². The summed E-state index contributed by atoms with van der Waals surface area (Å²) in [4.78, 5) is 11.1. The maximum atomic E-state index is 11.1. The van der Waals surface area contributed by atoms with Gasteiger partial charge in [-0.1, -0.05) is 0 Å². The first-order valence-corrected chi connectivity index (χ1v) is 6.13. The molecule has 0 spiro atoms. The molecule has 2 N–H and O–H groups in total. The summed E-state index contributed by atoms with van der Waals surface area (Å²) in [7, 11) is 0. The Morgan fingerprint density at radius 2 is 2.14 bits per heavy atom. The molecule has 0 unspecified atom stereocenters. The summed E-state index contributed by atoms with van der Waals surface area (Å²) >= 11 is 4.27. The standard InChI is InChI=1S/C9H9I2NO2/c1-2-14-8-6(9(12)13)3-5(10)4-7(8)11/h3-4H,2H2,1H3,(H2,12,13). The van der Waals surface area contributed by atoms with Crippen molar-refractivity contribution in [1.82, 2.24) is 0 Å². The van der Waals surface area contributed by atoms with E-state index < -0.39 is 5.91 Å². The fourth-order valence-electron chi connectivity index (χ4n) is 1.03. The van der Waals surface area contributed by atoms with Crippen LogP contribution in [0.3, 0.4) is 0 Å². The van der Waals surface area contributed by atoms with E-state index in [4.69, 9.17) is 10.5 Å². The minimum atomic E-state index is -0.454. The third-order valence-electron chi connectivity index (χ3n) is 1.56. The molecule has 0 heterocycles. The number of rotatable bonds is 3. The molecule has 0 aromatic heterocycles. The molecular weight excluding hydrogens is 408 g/mol. The SMILES string of the molecule is CCOc1c(I)cc(I)cc1C(N)=O. The predicted molar refractivity (Wildman–Crippen MR) is 71.6 cm³/mol. The van der Waals surface area contributed by atoms with Crippen molar-refractivity contribution < 1.29 is 9.53 Å². The summed E-state index contributed by atoms with van der Waals surface area (Å²) in [5.41, 5.74) is 5.70. The number of carbonyl (C=O) groups excluding carboxylic acids is 1. The molecule has 0 saturated heterocycles. The summed E-state index contributed by atoms with van der Waals surface area (Å²) in [6.45, 7) is 2.40. The molecule has 3 nitrogen and oxygen atoms in total. The van der Waals surface area contributed by atoms with Crippen LogP contribution in [0, 0.1) is 7.14 Å². The van der Waals surface area contributed by atoms with Gasteiger partial charge in [-0.05, 0) is 64.2 Å². The van der Waals surface area contributed by atoms with E-state index in [0.717, 1.165) is 7.14 Å². The summed E-state index contributed by atoms with van der Waals surface area (Å²) in [6.07, 6.45) is 0. The van der Waals surface area contributed by atoms with E-state index in [2.05, 4.69) is 45.2 Å². The van der Waals surface area contributed by atoms with Crippen LogP contribution in [0.25, 0.3) is 0 Å². The lowest BCUT2D eigenvalue weighted by Crippen LogP contribution is -2.14. The van der Waals surface area contributed by atoms with Crippen molar-refractivity contribution in [2.24, 2.45) is 5.73 Å². The third-order valence-corrected chi connectivity index (χ3v) is 2.99. The van der Waals surface area contributed by atoms with Crippen molar-refractivity contribution in [2.45, 2.75) is 6.92 Å². The van der Waals surface area contributed by atoms with Crippen molar-refractivity contribution in [3.8, 4) is 5.75 Å². The van der Waals surface area contributed by atoms with Crippen LogP contribution in [-0.2, 0) is 0 Å². The molecule has 0 aliphatic rings. The lowest BCUT2D eigenvalue weighted by molar-refractivity contribution is 0.0996. The zero-order valence-corrected chi connectivity index (χ0v) is 11.8. The van der Waals surface area contributed by atoms with Gasteiger partial charge in [0.05, 0.1) is 15.7 Å². The van der Waals surface area contributed by atoms with Gasteiger partial charge in [0.1, 0.15) is 5.75 Å². The number of halogens is 2. The molecular formula is C9H9I2NO2. The molecule has 1 aromatic carbocycles. The first-order valence-electron chi connectivity index (χ1n) is 3.98. The second-order valence-electron chi connectivity index (χ2n) is 2.56. The number of hydrogen-bond acceptors (Lipinski definition) is 2. The van der Waals surface area contributed by atoms with Crippen LogP contribution in [0.4, 0.5) is 0 Å². The van der Waals surface area contributed by atoms with Crippen LogP contribution >= 0.6 is 45.2 Å². The molecule has 1 rings (SSSR count). The second kappa shape index (κ2) is 5.15. The predicted octanol–water partition coefficient (Wildman–Crippen LogP) is 2.39. The van der Waals surface area contributed by atoms with Gasteiger partial charge in [0.15, 0.2) is 0 Å². The van der Waals surface area contributed by atoms with Gasteiger partial charge in [0.25, 0.3) is 5.91 Å². The molecule has 0 aliphatic carbocycles. The van der Waals surface area contributed by atoms with Gasteiger partial charge in [-0.2, -0.15) is 0 Å². The number of primary amides is 1. The average molecular weight is 417 g/mol. The molecule has 1 amide bonds. The summed E-state index contributed by atoms with van der Waals surface area (Å²) < 4.78 is 7.26. The van der Waals surface area contributed by atoms with Crippen LogP contribution in [0.2, 0.25) is 0 Å². The fourth-order valence-corrected chi connectivity index (χ4v) is 3.03. The monoisotopic (exact) mass is 417 g/mol. The maximum absolute atomic E-state index is 11.1. The molecule has 0 saturated carbocycles. The molecule has 0 radical (unpaired) electrons. The number of amides is 1. The number of hydrogen-bond donors (Lipinski definition) is 1. The van der Waals surface area contributed by atoms with Gasteiger partial charge in [0.2, 0.25) is 0 Å². The van der Waals surface area contributed by atoms with E-state index in [1.54, 1.807) is 6.07 Å². The van der Waals surface area contributed by atoms with Crippen molar-refractivity contribution >= 4 is 51.1 Å². The lowest BCUT2D eigenvalue weighted by atomic mass is 10.2. The van der Waals surface area contributed by atoms with Gasteiger partial charge in [-0.3, -0.25) is 4.79 Å².